The third kappa shape index (κ3) is 4.21. The molecule has 2 atom stereocenters. The van der Waals surface area contributed by atoms with Crippen LogP contribution in [0.4, 0.5) is 4.79 Å². The number of rotatable bonds is 2. The summed E-state index contributed by atoms with van der Waals surface area (Å²) in [6, 6.07) is 2.78. The standard InChI is InChI=1S/C21H27NO8/c1-20(2,3)30-19(26)22-7-6-21(11-22)10-15(23)14-8-12(17(24)27-4)13(18(25)28-5)9-16(14)29-21/h8-9,15,23H,6-7,10-11H2,1-5H3. The summed E-state index contributed by atoms with van der Waals surface area (Å²) >= 11 is 0. The van der Waals surface area contributed by atoms with Gasteiger partial charge in [0, 0.05) is 24.9 Å². The number of hydrogen-bond donors (Lipinski definition) is 1. The summed E-state index contributed by atoms with van der Waals surface area (Å²) < 4.78 is 21.1. The molecule has 2 aliphatic heterocycles. The molecule has 9 heteroatoms. The van der Waals surface area contributed by atoms with Crippen molar-refractivity contribution in [3.63, 3.8) is 0 Å². The van der Waals surface area contributed by atoms with Crippen LogP contribution in [0.15, 0.2) is 12.1 Å². The second kappa shape index (κ2) is 7.79. The van der Waals surface area contributed by atoms with E-state index in [0.717, 1.165) is 0 Å². The molecule has 1 N–H and O–H groups in total. The van der Waals surface area contributed by atoms with Gasteiger partial charge in [-0.25, -0.2) is 14.4 Å². The average molecular weight is 421 g/mol. The Bertz CT molecular complexity index is 874. The Morgan fingerprint density at radius 3 is 2.30 bits per heavy atom. The summed E-state index contributed by atoms with van der Waals surface area (Å²) in [6.45, 7) is 6.04. The maximum atomic E-state index is 12.4. The molecule has 1 fully saturated rings. The van der Waals surface area contributed by atoms with Crippen molar-refractivity contribution in [2.75, 3.05) is 27.3 Å². The highest BCUT2D eigenvalue weighted by Gasteiger charge is 2.48. The van der Waals surface area contributed by atoms with Gasteiger partial charge in [0.15, 0.2) is 0 Å². The van der Waals surface area contributed by atoms with E-state index >= 15 is 0 Å². The molecule has 2 aliphatic rings. The fraction of sp³-hybridized carbons (Fsp3) is 0.571. The van der Waals surface area contributed by atoms with Crippen LogP contribution in [0.5, 0.6) is 5.75 Å². The van der Waals surface area contributed by atoms with Crippen LogP contribution < -0.4 is 4.74 Å². The van der Waals surface area contributed by atoms with E-state index in [1.807, 2.05) is 0 Å². The molecule has 30 heavy (non-hydrogen) atoms. The van der Waals surface area contributed by atoms with Gasteiger partial charge in [0.2, 0.25) is 0 Å². The number of carbonyl (C=O) groups excluding carboxylic acids is 3. The molecule has 0 aromatic heterocycles. The van der Waals surface area contributed by atoms with Crippen molar-refractivity contribution < 1.29 is 38.4 Å². The minimum atomic E-state index is -0.942. The van der Waals surface area contributed by atoms with Crippen molar-refractivity contribution in [1.29, 1.82) is 0 Å². The van der Waals surface area contributed by atoms with E-state index < -0.39 is 35.3 Å². The van der Waals surface area contributed by atoms with Crippen LogP contribution in [0.25, 0.3) is 0 Å². The van der Waals surface area contributed by atoms with Crippen LogP contribution in [0.3, 0.4) is 0 Å². The monoisotopic (exact) mass is 421 g/mol. The number of methoxy groups -OCH3 is 2. The Hall–Kier alpha value is -2.81. The van der Waals surface area contributed by atoms with Gasteiger partial charge >= 0.3 is 18.0 Å². The van der Waals surface area contributed by atoms with Crippen molar-refractivity contribution in [1.82, 2.24) is 4.90 Å². The number of aliphatic hydroxyl groups excluding tert-OH is 1. The van der Waals surface area contributed by atoms with Gasteiger partial charge in [-0.3, -0.25) is 0 Å². The minimum absolute atomic E-state index is 0.0106. The predicted octanol–water partition coefficient (Wildman–Crippen LogP) is 2.46. The van der Waals surface area contributed by atoms with Crippen molar-refractivity contribution in [2.45, 2.75) is 50.9 Å². The first-order chi connectivity index (χ1) is 14.0. The van der Waals surface area contributed by atoms with Gasteiger partial charge in [-0.2, -0.15) is 0 Å². The largest absolute Gasteiger partial charge is 0.485 e. The lowest BCUT2D eigenvalue weighted by atomic mass is 9.86. The lowest BCUT2D eigenvalue weighted by molar-refractivity contribution is -0.0133. The normalized spacial score (nSPS) is 22.9. The molecule has 0 saturated carbocycles. The minimum Gasteiger partial charge on any atom is -0.485 e. The molecule has 0 radical (unpaired) electrons. The predicted molar refractivity (Wildman–Crippen MR) is 104 cm³/mol. The number of benzene rings is 1. The third-order valence-corrected chi connectivity index (χ3v) is 5.18. The highest BCUT2D eigenvalue weighted by Crippen LogP contribution is 2.45. The van der Waals surface area contributed by atoms with Crippen LogP contribution in [0.2, 0.25) is 0 Å². The van der Waals surface area contributed by atoms with Gasteiger partial charge < -0.3 is 29.0 Å². The number of amides is 1. The van der Waals surface area contributed by atoms with Gasteiger partial charge in [-0.1, -0.05) is 0 Å². The van der Waals surface area contributed by atoms with Gasteiger partial charge in [0.25, 0.3) is 0 Å². The first-order valence-corrected chi connectivity index (χ1v) is 9.68. The highest BCUT2D eigenvalue weighted by atomic mass is 16.6. The van der Waals surface area contributed by atoms with Crippen molar-refractivity contribution >= 4 is 18.0 Å². The first-order valence-electron chi connectivity index (χ1n) is 9.68. The van der Waals surface area contributed by atoms with E-state index in [2.05, 4.69) is 0 Å². The molecule has 3 rings (SSSR count). The zero-order valence-corrected chi connectivity index (χ0v) is 17.8. The van der Waals surface area contributed by atoms with Crippen LogP contribution >= 0.6 is 0 Å². The molecule has 0 aliphatic carbocycles. The van der Waals surface area contributed by atoms with E-state index in [-0.39, 0.29) is 29.8 Å². The number of aliphatic hydroxyl groups is 1. The Morgan fingerprint density at radius 2 is 1.73 bits per heavy atom. The van der Waals surface area contributed by atoms with Crippen molar-refractivity contribution in [3.8, 4) is 5.75 Å². The smallest absolute Gasteiger partial charge is 0.410 e. The number of carbonyl (C=O) groups is 3. The molecular formula is C21H27NO8. The number of nitrogens with zero attached hydrogens (tertiary/aromatic N) is 1. The number of likely N-dealkylation sites (tertiary alicyclic amines) is 1. The Morgan fingerprint density at radius 1 is 1.13 bits per heavy atom. The maximum absolute atomic E-state index is 12.4. The van der Waals surface area contributed by atoms with E-state index in [4.69, 9.17) is 18.9 Å². The highest BCUT2D eigenvalue weighted by molar-refractivity contribution is 6.03. The van der Waals surface area contributed by atoms with Gasteiger partial charge in [0.05, 0.1) is 38.0 Å². The average Bonchev–Trinajstić information content (AvgIpc) is 3.07. The lowest BCUT2D eigenvalue weighted by Crippen LogP contribution is -2.45. The number of ether oxygens (including phenoxy) is 4. The molecule has 0 bridgehead atoms. The molecule has 1 spiro atoms. The van der Waals surface area contributed by atoms with E-state index in [1.165, 1.54) is 26.4 Å². The molecule has 9 nitrogen and oxygen atoms in total. The Labute approximate surface area is 174 Å². The summed E-state index contributed by atoms with van der Waals surface area (Å²) in [5.74, 6) is -1.17. The molecule has 1 aromatic carbocycles. The quantitative estimate of drug-likeness (QED) is 0.573. The summed E-state index contributed by atoms with van der Waals surface area (Å²) in [5, 5.41) is 10.8. The second-order valence-electron chi connectivity index (χ2n) is 8.58. The molecule has 2 heterocycles. The molecule has 1 saturated heterocycles. The van der Waals surface area contributed by atoms with Crippen LogP contribution in [0.1, 0.15) is 66.0 Å². The van der Waals surface area contributed by atoms with E-state index in [0.29, 0.717) is 18.5 Å². The van der Waals surface area contributed by atoms with Gasteiger partial charge in [-0.05, 0) is 32.9 Å². The van der Waals surface area contributed by atoms with Crippen LogP contribution in [-0.2, 0) is 14.2 Å². The lowest BCUT2D eigenvalue weighted by Gasteiger charge is -2.38. The molecular weight excluding hydrogens is 394 g/mol. The molecule has 164 valence electrons. The number of esters is 2. The van der Waals surface area contributed by atoms with Gasteiger partial charge in [-0.15, -0.1) is 0 Å². The third-order valence-electron chi connectivity index (χ3n) is 5.18. The van der Waals surface area contributed by atoms with E-state index in [9.17, 15) is 19.5 Å². The molecule has 2 unspecified atom stereocenters. The first kappa shape index (κ1) is 21.9. The maximum Gasteiger partial charge on any atom is 0.410 e. The SMILES string of the molecule is COC(=O)c1cc2c(cc1C(=O)OC)C(O)CC1(CCN(C(=O)OC(C)(C)C)C1)O2. The van der Waals surface area contributed by atoms with Crippen LogP contribution in [-0.4, -0.2) is 66.5 Å². The molecule has 1 aromatic rings. The Balaban J connectivity index is 1.91. The Kier molecular flexibility index (Phi) is 5.68. The fourth-order valence-corrected chi connectivity index (χ4v) is 3.82. The second-order valence-corrected chi connectivity index (χ2v) is 8.58. The summed E-state index contributed by atoms with van der Waals surface area (Å²) in [5.41, 5.74) is -1.09. The molecule has 1 amide bonds. The summed E-state index contributed by atoms with van der Waals surface area (Å²) in [6.07, 6.45) is -0.658. The number of hydrogen-bond acceptors (Lipinski definition) is 8. The zero-order valence-electron chi connectivity index (χ0n) is 17.8. The summed E-state index contributed by atoms with van der Waals surface area (Å²) in [7, 11) is 2.41. The summed E-state index contributed by atoms with van der Waals surface area (Å²) in [4.78, 5) is 38.3. The topological polar surface area (TPSA) is 112 Å². The number of fused-ring (bicyclic) bond motifs is 1. The van der Waals surface area contributed by atoms with Gasteiger partial charge in [0.1, 0.15) is 17.0 Å². The zero-order chi connectivity index (χ0) is 22.3. The van der Waals surface area contributed by atoms with Crippen molar-refractivity contribution in [3.05, 3.63) is 28.8 Å². The fourth-order valence-electron chi connectivity index (χ4n) is 3.82. The van der Waals surface area contributed by atoms with E-state index in [1.54, 1.807) is 25.7 Å². The van der Waals surface area contributed by atoms with Crippen molar-refractivity contribution in [2.24, 2.45) is 0 Å². The van der Waals surface area contributed by atoms with Crippen LogP contribution in [0, 0.1) is 0 Å².